The second kappa shape index (κ2) is 5.52. The Labute approximate surface area is 110 Å². The first kappa shape index (κ1) is 13.1. The van der Waals surface area contributed by atoms with Crippen LogP contribution in [0.15, 0.2) is 34.9 Å². The molecule has 2 rings (SSSR count). The maximum absolute atomic E-state index is 13.0. The van der Waals surface area contributed by atoms with Gasteiger partial charge in [0.1, 0.15) is 11.6 Å². The monoisotopic (exact) mass is 268 g/mol. The number of nitrogens with two attached hydrogens (primary N) is 1. The van der Waals surface area contributed by atoms with Gasteiger partial charge in [0, 0.05) is 10.6 Å². The maximum atomic E-state index is 13.0. The smallest absolute Gasteiger partial charge is 0.124 e. The van der Waals surface area contributed by atoms with Crippen LogP contribution in [0.2, 0.25) is 5.02 Å². The molecule has 0 saturated carbocycles. The van der Waals surface area contributed by atoms with Crippen LogP contribution in [-0.2, 0) is 6.42 Å². The van der Waals surface area contributed by atoms with E-state index in [0.717, 1.165) is 16.9 Å². The predicted molar refractivity (Wildman–Crippen MR) is 68.6 cm³/mol. The summed E-state index contributed by atoms with van der Waals surface area (Å²) in [6.45, 7) is 1.86. The topological polar surface area (TPSA) is 51.2 Å². The zero-order valence-electron chi connectivity index (χ0n) is 9.91. The van der Waals surface area contributed by atoms with Crippen LogP contribution in [0.1, 0.15) is 22.9 Å². The molecule has 1 heterocycles. The van der Waals surface area contributed by atoms with Gasteiger partial charge in [-0.05, 0) is 37.1 Å². The fraction of sp³-hybridized carbons (Fsp3) is 0.231. The summed E-state index contributed by atoms with van der Waals surface area (Å²) in [5.41, 5.74) is 4.48. The summed E-state index contributed by atoms with van der Waals surface area (Å²) < 4.78 is 18.2. The van der Waals surface area contributed by atoms with E-state index in [4.69, 9.17) is 21.9 Å². The average Bonchev–Trinajstić information content (AvgIpc) is 2.75. The molecule has 0 aliphatic heterocycles. The minimum atomic E-state index is -0.347. The van der Waals surface area contributed by atoms with E-state index in [9.17, 15) is 4.39 Å². The van der Waals surface area contributed by atoms with Crippen molar-refractivity contribution in [3.05, 3.63) is 58.3 Å². The Bertz CT molecular complexity index is 542. The Morgan fingerprint density at radius 3 is 2.78 bits per heavy atom. The van der Waals surface area contributed by atoms with Crippen molar-refractivity contribution >= 4 is 11.6 Å². The van der Waals surface area contributed by atoms with E-state index >= 15 is 0 Å². The Balaban J connectivity index is 2.20. The molecule has 3 nitrogen and oxygen atoms in total. The van der Waals surface area contributed by atoms with Gasteiger partial charge in [-0.25, -0.2) is 4.39 Å². The SMILES string of the molecule is Cc1cc(C(Cc2ccc(F)cc2Cl)NN)co1. The number of benzene rings is 1. The van der Waals surface area contributed by atoms with Gasteiger partial charge in [-0.2, -0.15) is 0 Å². The van der Waals surface area contributed by atoms with Crippen molar-refractivity contribution in [3.63, 3.8) is 0 Å². The number of hydrogen-bond acceptors (Lipinski definition) is 3. The van der Waals surface area contributed by atoms with Crippen molar-refractivity contribution < 1.29 is 8.81 Å². The lowest BCUT2D eigenvalue weighted by molar-refractivity contribution is 0.511. The molecule has 2 aromatic rings. The first-order valence-electron chi connectivity index (χ1n) is 5.55. The van der Waals surface area contributed by atoms with Crippen LogP contribution in [0.25, 0.3) is 0 Å². The molecule has 0 amide bonds. The second-order valence-corrected chi connectivity index (χ2v) is 4.56. The van der Waals surface area contributed by atoms with E-state index in [1.165, 1.54) is 12.1 Å². The summed E-state index contributed by atoms with van der Waals surface area (Å²) in [7, 11) is 0. The van der Waals surface area contributed by atoms with E-state index in [2.05, 4.69) is 5.43 Å². The number of nitrogens with one attached hydrogen (secondary N) is 1. The van der Waals surface area contributed by atoms with Crippen LogP contribution in [0.3, 0.4) is 0 Å². The third kappa shape index (κ3) is 2.90. The molecule has 3 N–H and O–H groups in total. The van der Waals surface area contributed by atoms with Crippen molar-refractivity contribution in [1.29, 1.82) is 0 Å². The van der Waals surface area contributed by atoms with Crippen LogP contribution >= 0.6 is 11.6 Å². The van der Waals surface area contributed by atoms with Crippen molar-refractivity contribution in [2.24, 2.45) is 5.84 Å². The van der Waals surface area contributed by atoms with E-state index in [-0.39, 0.29) is 11.9 Å². The molecule has 96 valence electrons. The van der Waals surface area contributed by atoms with Crippen LogP contribution in [0.5, 0.6) is 0 Å². The summed E-state index contributed by atoms with van der Waals surface area (Å²) in [6.07, 6.45) is 2.21. The third-order valence-electron chi connectivity index (χ3n) is 2.79. The number of hydrogen-bond donors (Lipinski definition) is 2. The highest BCUT2D eigenvalue weighted by molar-refractivity contribution is 6.31. The fourth-order valence-electron chi connectivity index (χ4n) is 1.83. The summed E-state index contributed by atoms with van der Waals surface area (Å²) in [5, 5.41) is 0.399. The van der Waals surface area contributed by atoms with Gasteiger partial charge in [0.05, 0.1) is 12.3 Å². The van der Waals surface area contributed by atoms with Crippen LogP contribution in [-0.4, -0.2) is 0 Å². The number of rotatable bonds is 4. The van der Waals surface area contributed by atoms with Gasteiger partial charge in [0.2, 0.25) is 0 Å². The molecule has 1 atom stereocenters. The predicted octanol–water partition coefficient (Wildman–Crippen LogP) is 3.13. The molecule has 0 aliphatic carbocycles. The highest BCUT2D eigenvalue weighted by atomic mass is 35.5. The van der Waals surface area contributed by atoms with Gasteiger partial charge in [-0.3, -0.25) is 11.3 Å². The molecule has 0 aliphatic rings. The number of aryl methyl sites for hydroxylation is 1. The molecule has 0 radical (unpaired) electrons. The summed E-state index contributed by atoms with van der Waals surface area (Å²) in [5.74, 6) is 6.00. The largest absolute Gasteiger partial charge is 0.469 e. The van der Waals surface area contributed by atoms with Crippen LogP contribution < -0.4 is 11.3 Å². The molecule has 1 aromatic carbocycles. The van der Waals surface area contributed by atoms with Crippen LogP contribution in [0.4, 0.5) is 4.39 Å². The summed E-state index contributed by atoms with van der Waals surface area (Å²) >= 11 is 5.99. The zero-order valence-corrected chi connectivity index (χ0v) is 10.7. The Hall–Kier alpha value is -1.36. The second-order valence-electron chi connectivity index (χ2n) is 4.15. The number of halogens is 2. The molecule has 1 aromatic heterocycles. The van der Waals surface area contributed by atoms with Gasteiger partial charge in [-0.15, -0.1) is 0 Å². The Morgan fingerprint density at radius 1 is 1.44 bits per heavy atom. The van der Waals surface area contributed by atoms with E-state index < -0.39 is 0 Å². The fourth-order valence-corrected chi connectivity index (χ4v) is 2.07. The Morgan fingerprint density at radius 2 is 2.22 bits per heavy atom. The minimum Gasteiger partial charge on any atom is -0.469 e. The molecule has 0 spiro atoms. The number of furan rings is 1. The van der Waals surface area contributed by atoms with E-state index in [1.807, 2.05) is 13.0 Å². The summed E-state index contributed by atoms with van der Waals surface area (Å²) in [6, 6.07) is 6.13. The maximum Gasteiger partial charge on any atom is 0.124 e. The summed E-state index contributed by atoms with van der Waals surface area (Å²) in [4.78, 5) is 0. The van der Waals surface area contributed by atoms with Gasteiger partial charge in [0.15, 0.2) is 0 Å². The molecular weight excluding hydrogens is 255 g/mol. The lowest BCUT2D eigenvalue weighted by Crippen LogP contribution is -2.29. The first-order valence-corrected chi connectivity index (χ1v) is 5.93. The highest BCUT2D eigenvalue weighted by Crippen LogP contribution is 2.25. The normalized spacial score (nSPS) is 12.7. The molecule has 18 heavy (non-hydrogen) atoms. The van der Waals surface area contributed by atoms with E-state index in [1.54, 1.807) is 12.3 Å². The lowest BCUT2D eigenvalue weighted by atomic mass is 10.0. The standard InChI is InChI=1S/C13H14ClFN2O/c1-8-4-10(7-18-8)13(17-16)5-9-2-3-11(15)6-12(9)14/h2-4,6-7,13,17H,5,16H2,1H3. The van der Waals surface area contributed by atoms with Gasteiger partial charge >= 0.3 is 0 Å². The van der Waals surface area contributed by atoms with Crippen molar-refractivity contribution in [2.75, 3.05) is 0 Å². The number of hydrazine groups is 1. The lowest BCUT2D eigenvalue weighted by Gasteiger charge is -2.15. The molecule has 1 unspecified atom stereocenters. The third-order valence-corrected chi connectivity index (χ3v) is 3.15. The highest BCUT2D eigenvalue weighted by Gasteiger charge is 2.14. The molecule has 5 heteroatoms. The van der Waals surface area contributed by atoms with Crippen LogP contribution in [0, 0.1) is 12.7 Å². The average molecular weight is 269 g/mol. The molecule has 0 saturated heterocycles. The molecule has 0 fully saturated rings. The van der Waals surface area contributed by atoms with Crippen molar-refractivity contribution in [2.45, 2.75) is 19.4 Å². The molecular formula is C13H14ClFN2O. The quantitative estimate of drug-likeness (QED) is 0.662. The Kier molecular flexibility index (Phi) is 4.01. The van der Waals surface area contributed by atoms with Crippen molar-refractivity contribution in [3.8, 4) is 0 Å². The zero-order chi connectivity index (χ0) is 13.1. The van der Waals surface area contributed by atoms with Gasteiger partial charge < -0.3 is 4.42 Å². The molecule has 0 bridgehead atoms. The van der Waals surface area contributed by atoms with Gasteiger partial charge in [-0.1, -0.05) is 17.7 Å². The first-order chi connectivity index (χ1) is 8.60. The minimum absolute atomic E-state index is 0.120. The van der Waals surface area contributed by atoms with Crippen molar-refractivity contribution in [1.82, 2.24) is 5.43 Å². The van der Waals surface area contributed by atoms with Gasteiger partial charge in [0.25, 0.3) is 0 Å². The van der Waals surface area contributed by atoms with E-state index in [0.29, 0.717) is 11.4 Å².